The lowest BCUT2D eigenvalue weighted by atomic mass is 10.1. The Bertz CT molecular complexity index is 1260. The van der Waals surface area contributed by atoms with E-state index in [4.69, 9.17) is 15.2 Å². The summed E-state index contributed by atoms with van der Waals surface area (Å²) in [7, 11) is 1.57. The van der Waals surface area contributed by atoms with Gasteiger partial charge in [-0.25, -0.2) is 9.97 Å². The third kappa shape index (κ3) is 3.82. The zero-order valence-electron chi connectivity index (χ0n) is 17.9. The molecule has 0 saturated heterocycles. The zero-order valence-corrected chi connectivity index (χ0v) is 17.9. The molecule has 2 N–H and O–H groups in total. The number of nitrogens with two attached hydrogens (primary N) is 1. The van der Waals surface area contributed by atoms with Crippen LogP contribution >= 0.6 is 0 Å². The van der Waals surface area contributed by atoms with Crippen LogP contribution in [-0.2, 0) is 0 Å². The van der Waals surface area contributed by atoms with Gasteiger partial charge in [0.25, 0.3) is 0 Å². The Morgan fingerprint density at radius 2 is 1.77 bits per heavy atom. The number of hydrogen-bond donors (Lipinski definition) is 1. The van der Waals surface area contributed by atoms with Crippen LogP contribution in [0.4, 0.5) is 5.82 Å². The Kier molecular flexibility index (Phi) is 5.33. The molecule has 0 bridgehead atoms. The van der Waals surface area contributed by atoms with Crippen LogP contribution in [0.2, 0.25) is 0 Å². The predicted molar refractivity (Wildman–Crippen MR) is 121 cm³/mol. The number of hydrogen-bond acceptors (Lipinski definition) is 6. The molecule has 2 aromatic carbocycles. The summed E-state index contributed by atoms with van der Waals surface area (Å²) >= 11 is 0. The number of benzene rings is 2. The topological polar surface area (TPSA) is 92.3 Å². The van der Waals surface area contributed by atoms with Gasteiger partial charge in [0, 0.05) is 23.9 Å². The van der Waals surface area contributed by atoms with Gasteiger partial charge in [-0.15, -0.1) is 0 Å². The van der Waals surface area contributed by atoms with Crippen LogP contribution in [0.15, 0.2) is 55.0 Å². The highest BCUT2D eigenvalue weighted by Crippen LogP contribution is 2.36. The predicted octanol–water partition coefficient (Wildman–Crippen LogP) is 5.26. The molecule has 0 fully saturated rings. The maximum atomic E-state index is 12.0. The van der Waals surface area contributed by atoms with Gasteiger partial charge in [0.1, 0.15) is 35.0 Å². The fourth-order valence-corrected chi connectivity index (χ4v) is 3.56. The van der Waals surface area contributed by atoms with Crippen LogP contribution in [0.3, 0.4) is 0 Å². The summed E-state index contributed by atoms with van der Waals surface area (Å²) in [5.41, 5.74) is 9.41. The maximum absolute atomic E-state index is 12.0. The molecule has 2 heterocycles. The second kappa shape index (κ2) is 8.10. The molecule has 0 aliphatic rings. The first-order valence-corrected chi connectivity index (χ1v) is 9.97. The van der Waals surface area contributed by atoms with E-state index in [9.17, 15) is 4.79 Å². The van der Waals surface area contributed by atoms with Crippen molar-refractivity contribution in [2.45, 2.75) is 26.8 Å². The number of rotatable bonds is 6. The number of nitrogens with zero attached hydrogens (tertiary/aromatic N) is 3. The average Bonchev–Trinajstić information content (AvgIpc) is 3.15. The molecule has 2 aromatic heterocycles. The summed E-state index contributed by atoms with van der Waals surface area (Å²) in [4.78, 5) is 20.6. The standard InChI is InChI=1S/C24H24N4O3/c1-14(2)28-12-20(22-23(25)26-13-27-24(22)28)16-5-7-17(8-6-16)31-21-11-18(30-4)9-10-19(21)15(3)29/h5-14H,1-4H3,(H2,25,26,27). The first-order valence-electron chi connectivity index (χ1n) is 9.97. The Hall–Kier alpha value is -3.87. The highest BCUT2D eigenvalue weighted by molar-refractivity contribution is 6.00. The van der Waals surface area contributed by atoms with Crippen LogP contribution < -0.4 is 15.2 Å². The summed E-state index contributed by atoms with van der Waals surface area (Å²) in [5, 5.41) is 0.830. The zero-order chi connectivity index (χ0) is 22.1. The maximum Gasteiger partial charge on any atom is 0.163 e. The van der Waals surface area contributed by atoms with Crippen molar-refractivity contribution >= 4 is 22.6 Å². The summed E-state index contributed by atoms with van der Waals surface area (Å²) in [6.07, 6.45) is 3.53. The summed E-state index contributed by atoms with van der Waals surface area (Å²) < 4.78 is 13.3. The minimum atomic E-state index is -0.0776. The second-order valence-corrected chi connectivity index (χ2v) is 7.55. The summed E-state index contributed by atoms with van der Waals surface area (Å²) in [6.45, 7) is 5.70. The molecule has 0 spiro atoms. The number of ether oxygens (including phenoxy) is 2. The Labute approximate surface area is 180 Å². The van der Waals surface area contributed by atoms with Crippen LogP contribution in [0, 0.1) is 0 Å². The van der Waals surface area contributed by atoms with E-state index in [0.717, 1.165) is 22.2 Å². The second-order valence-electron chi connectivity index (χ2n) is 7.55. The van der Waals surface area contributed by atoms with Crippen molar-refractivity contribution in [3.63, 3.8) is 0 Å². The van der Waals surface area contributed by atoms with Gasteiger partial charge in [-0.2, -0.15) is 0 Å². The first-order chi connectivity index (χ1) is 14.9. The number of nitrogen functional groups attached to an aromatic ring is 1. The van der Waals surface area contributed by atoms with E-state index in [1.54, 1.807) is 25.3 Å². The smallest absolute Gasteiger partial charge is 0.163 e. The Morgan fingerprint density at radius 3 is 2.42 bits per heavy atom. The minimum Gasteiger partial charge on any atom is -0.497 e. The van der Waals surface area contributed by atoms with E-state index in [1.807, 2.05) is 30.5 Å². The van der Waals surface area contributed by atoms with Crippen molar-refractivity contribution in [3.05, 3.63) is 60.6 Å². The van der Waals surface area contributed by atoms with E-state index in [2.05, 4.69) is 28.4 Å². The van der Waals surface area contributed by atoms with Crippen LogP contribution in [0.25, 0.3) is 22.2 Å². The first kappa shape index (κ1) is 20.4. The van der Waals surface area contributed by atoms with Gasteiger partial charge in [0.2, 0.25) is 0 Å². The van der Waals surface area contributed by atoms with Gasteiger partial charge in [0.15, 0.2) is 5.78 Å². The van der Waals surface area contributed by atoms with Crippen LogP contribution in [-0.4, -0.2) is 27.4 Å². The molecule has 0 aliphatic carbocycles. The van der Waals surface area contributed by atoms with Crippen molar-refractivity contribution in [1.82, 2.24) is 14.5 Å². The fourth-order valence-electron chi connectivity index (χ4n) is 3.56. The van der Waals surface area contributed by atoms with Gasteiger partial charge >= 0.3 is 0 Å². The molecule has 4 rings (SSSR count). The van der Waals surface area contributed by atoms with Gasteiger partial charge in [-0.05, 0) is 50.6 Å². The van der Waals surface area contributed by atoms with E-state index in [1.165, 1.54) is 13.3 Å². The molecule has 0 atom stereocenters. The highest BCUT2D eigenvalue weighted by atomic mass is 16.5. The molecule has 0 unspecified atom stereocenters. The third-order valence-corrected chi connectivity index (χ3v) is 5.16. The highest BCUT2D eigenvalue weighted by Gasteiger charge is 2.17. The molecule has 0 saturated carbocycles. The fraction of sp³-hybridized carbons (Fsp3) is 0.208. The lowest BCUT2D eigenvalue weighted by Gasteiger charge is -2.11. The van der Waals surface area contributed by atoms with Crippen molar-refractivity contribution in [1.29, 1.82) is 0 Å². The quantitative estimate of drug-likeness (QED) is 0.431. The molecular formula is C24H24N4O3. The van der Waals surface area contributed by atoms with Gasteiger partial charge in [-0.3, -0.25) is 4.79 Å². The molecule has 0 radical (unpaired) electrons. The molecule has 0 amide bonds. The third-order valence-electron chi connectivity index (χ3n) is 5.16. The molecule has 0 aliphatic heterocycles. The molecule has 158 valence electrons. The van der Waals surface area contributed by atoms with E-state index >= 15 is 0 Å². The molecule has 31 heavy (non-hydrogen) atoms. The lowest BCUT2D eigenvalue weighted by Crippen LogP contribution is -2.00. The van der Waals surface area contributed by atoms with E-state index in [-0.39, 0.29) is 11.8 Å². The number of carbonyl (C=O) groups excluding carboxylic acids is 1. The largest absolute Gasteiger partial charge is 0.497 e. The minimum absolute atomic E-state index is 0.0776. The Morgan fingerprint density at radius 1 is 1.06 bits per heavy atom. The number of aromatic nitrogens is 3. The average molecular weight is 416 g/mol. The van der Waals surface area contributed by atoms with Gasteiger partial charge < -0.3 is 19.8 Å². The molecule has 7 heteroatoms. The van der Waals surface area contributed by atoms with Crippen molar-refractivity contribution in [2.75, 3.05) is 12.8 Å². The number of methoxy groups -OCH3 is 1. The lowest BCUT2D eigenvalue weighted by molar-refractivity contribution is 0.101. The SMILES string of the molecule is COc1ccc(C(C)=O)c(Oc2ccc(-c3cn(C(C)C)c4ncnc(N)c34)cc2)c1. The number of Topliss-reactive ketones (excluding diaryl/α,β-unsaturated/α-hetero) is 1. The van der Waals surface area contributed by atoms with Crippen LogP contribution in [0.1, 0.15) is 37.2 Å². The van der Waals surface area contributed by atoms with Gasteiger partial charge in [-0.1, -0.05) is 12.1 Å². The van der Waals surface area contributed by atoms with Crippen molar-refractivity contribution in [2.24, 2.45) is 0 Å². The molecule has 4 aromatic rings. The monoisotopic (exact) mass is 416 g/mol. The normalized spacial score (nSPS) is 11.1. The molecular weight excluding hydrogens is 392 g/mol. The number of carbonyl (C=O) groups is 1. The van der Waals surface area contributed by atoms with Gasteiger partial charge in [0.05, 0.1) is 18.1 Å². The number of ketones is 1. The number of fused-ring (bicyclic) bond motifs is 1. The van der Waals surface area contributed by atoms with Crippen molar-refractivity contribution in [3.8, 4) is 28.4 Å². The summed E-state index contributed by atoms with van der Waals surface area (Å²) in [5.74, 6) is 2.05. The van der Waals surface area contributed by atoms with Crippen LogP contribution in [0.5, 0.6) is 17.2 Å². The summed E-state index contributed by atoms with van der Waals surface area (Å²) in [6, 6.07) is 13.0. The molecule has 7 nitrogen and oxygen atoms in total. The Balaban J connectivity index is 1.72. The van der Waals surface area contributed by atoms with Crippen molar-refractivity contribution < 1.29 is 14.3 Å². The van der Waals surface area contributed by atoms with E-state index < -0.39 is 0 Å². The number of anilines is 1. The van der Waals surface area contributed by atoms with E-state index in [0.29, 0.717) is 28.6 Å².